The van der Waals surface area contributed by atoms with Crippen molar-refractivity contribution in [3.8, 4) is 0 Å². The number of pyridine rings is 1. The fourth-order valence-electron chi connectivity index (χ4n) is 1.92. The first-order chi connectivity index (χ1) is 9.69. The van der Waals surface area contributed by atoms with Crippen LogP contribution in [-0.4, -0.2) is 22.0 Å². The van der Waals surface area contributed by atoms with Gasteiger partial charge in [0.1, 0.15) is 21.7 Å². The van der Waals surface area contributed by atoms with E-state index in [1.54, 1.807) is 18.0 Å². The van der Waals surface area contributed by atoms with Crippen LogP contribution in [0.4, 0.5) is 5.82 Å². The number of rotatable bonds is 4. The highest BCUT2D eigenvalue weighted by Gasteiger charge is 2.28. The van der Waals surface area contributed by atoms with E-state index in [1.807, 2.05) is 26.1 Å². The molecule has 0 unspecified atom stereocenters. The van der Waals surface area contributed by atoms with E-state index in [0.29, 0.717) is 5.92 Å². The van der Waals surface area contributed by atoms with Crippen LogP contribution in [0.3, 0.4) is 0 Å². The number of hydrogen-bond acceptors (Lipinski definition) is 5. The molecule has 0 saturated heterocycles. The second kappa shape index (κ2) is 5.69. The van der Waals surface area contributed by atoms with Crippen LogP contribution >= 0.6 is 27.7 Å². The van der Waals surface area contributed by atoms with Gasteiger partial charge in [0.05, 0.1) is 4.47 Å². The lowest BCUT2D eigenvalue weighted by atomic mass is 10.3. The van der Waals surface area contributed by atoms with Crippen LogP contribution in [0.2, 0.25) is 0 Å². The summed E-state index contributed by atoms with van der Waals surface area (Å²) in [5, 5.41) is 5.07. The summed E-state index contributed by atoms with van der Waals surface area (Å²) in [4.78, 5) is 13.7. The van der Waals surface area contributed by atoms with Crippen molar-refractivity contribution in [2.24, 2.45) is 0 Å². The quantitative estimate of drug-likeness (QED) is 0.844. The summed E-state index contributed by atoms with van der Waals surface area (Å²) >= 11 is 5.11. The molecule has 1 N–H and O–H groups in total. The third-order valence-corrected chi connectivity index (χ3v) is 5.23. The van der Waals surface area contributed by atoms with Crippen molar-refractivity contribution in [2.75, 3.05) is 12.4 Å². The minimum absolute atomic E-state index is 0.536. The minimum Gasteiger partial charge on any atom is -0.373 e. The van der Waals surface area contributed by atoms with Crippen LogP contribution in [0, 0.1) is 6.92 Å². The molecule has 0 radical (unpaired) electrons. The van der Waals surface area contributed by atoms with Crippen LogP contribution < -0.4 is 5.32 Å². The van der Waals surface area contributed by atoms with E-state index in [2.05, 4.69) is 31.2 Å². The lowest BCUT2D eigenvalue weighted by molar-refractivity contribution is 0.863. The van der Waals surface area contributed by atoms with Gasteiger partial charge in [-0.2, -0.15) is 0 Å². The lowest BCUT2D eigenvalue weighted by Crippen LogP contribution is -2.04. The summed E-state index contributed by atoms with van der Waals surface area (Å²) in [6, 6.07) is 3.91. The van der Waals surface area contributed by atoms with Gasteiger partial charge in [-0.15, -0.1) is 0 Å². The SMILES string of the molecule is CNc1nc(C2CC2)nc(Sc2ncccc2Br)c1C. The molecule has 2 heterocycles. The monoisotopic (exact) mass is 350 g/mol. The molecule has 2 aromatic heterocycles. The van der Waals surface area contributed by atoms with E-state index in [0.717, 1.165) is 31.7 Å². The van der Waals surface area contributed by atoms with E-state index in [9.17, 15) is 0 Å². The standard InChI is InChI=1S/C14H15BrN4S/c1-8-11(16-2)18-12(9-5-6-9)19-13(8)20-14-10(15)4-3-7-17-14/h3-4,7,9H,5-6H2,1-2H3,(H,16,18,19). The van der Waals surface area contributed by atoms with Crippen LogP contribution in [-0.2, 0) is 0 Å². The smallest absolute Gasteiger partial charge is 0.135 e. The predicted molar refractivity (Wildman–Crippen MR) is 84.4 cm³/mol. The van der Waals surface area contributed by atoms with Gasteiger partial charge in [0.25, 0.3) is 0 Å². The Kier molecular flexibility index (Phi) is 3.94. The largest absolute Gasteiger partial charge is 0.373 e. The van der Waals surface area contributed by atoms with Gasteiger partial charge >= 0.3 is 0 Å². The Bertz CT molecular complexity index is 643. The van der Waals surface area contributed by atoms with Gasteiger partial charge in [-0.1, -0.05) is 0 Å². The molecule has 3 rings (SSSR count). The summed E-state index contributed by atoms with van der Waals surface area (Å²) in [5.41, 5.74) is 1.07. The van der Waals surface area contributed by atoms with Crippen LogP contribution in [0.15, 0.2) is 32.9 Å². The molecule has 6 heteroatoms. The molecule has 0 bridgehead atoms. The average Bonchev–Trinajstić information content (AvgIpc) is 3.28. The Morgan fingerprint density at radius 1 is 1.30 bits per heavy atom. The molecule has 0 aromatic carbocycles. The van der Waals surface area contributed by atoms with E-state index in [4.69, 9.17) is 4.98 Å². The van der Waals surface area contributed by atoms with E-state index in [1.165, 1.54) is 12.8 Å². The molecule has 0 atom stereocenters. The first kappa shape index (κ1) is 13.8. The summed E-state index contributed by atoms with van der Waals surface area (Å²) in [5.74, 6) is 2.40. The minimum atomic E-state index is 0.536. The predicted octanol–water partition coefficient (Wildman–Crippen LogP) is 4.01. The maximum Gasteiger partial charge on any atom is 0.135 e. The van der Waals surface area contributed by atoms with Crippen LogP contribution in [0.5, 0.6) is 0 Å². The van der Waals surface area contributed by atoms with Gasteiger partial charge in [0.15, 0.2) is 0 Å². The summed E-state index contributed by atoms with van der Waals surface area (Å²) in [6.07, 6.45) is 4.19. The van der Waals surface area contributed by atoms with Crippen LogP contribution in [0.25, 0.3) is 0 Å². The van der Waals surface area contributed by atoms with Crippen molar-refractivity contribution in [1.82, 2.24) is 15.0 Å². The molecular formula is C14H15BrN4S. The van der Waals surface area contributed by atoms with Crippen molar-refractivity contribution in [3.05, 3.63) is 34.2 Å². The molecule has 1 saturated carbocycles. The normalized spacial score (nSPS) is 14.3. The van der Waals surface area contributed by atoms with E-state index in [-0.39, 0.29) is 0 Å². The van der Waals surface area contributed by atoms with Crippen molar-refractivity contribution >= 4 is 33.5 Å². The van der Waals surface area contributed by atoms with Gasteiger partial charge in [0, 0.05) is 24.7 Å². The van der Waals surface area contributed by atoms with Crippen molar-refractivity contribution in [2.45, 2.75) is 35.7 Å². The zero-order chi connectivity index (χ0) is 14.1. The Morgan fingerprint density at radius 2 is 2.10 bits per heavy atom. The van der Waals surface area contributed by atoms with Crippen molar-refractivity contribution < 1.29 is 0 Å². The highest BCUT2D eigenvalue weighted by molar-refractivity contribution is 9.10. The third kappa shape index (κ3) is 2.81. The molecule has 1 fully saturated rings. The fraction of sp³-hybridized carbons (Fsp3) is 0.357. The molecule has 4 nitrogen and oxygen atoms in total. The lowest BCUT2D eigenvalue weighted by Gasteiger charge is -2.11. The molecule has 0 spiro atoms. The maximum atomic E-state index is 4.73. The zero-order valence-electron chi connectivity index (χ0n) is 11.4. The molecule has 0 aliphatic heterocycles. The van der Waals surface area contributed by atoms with Gasteiger partial charge in [-0.05, 0) is 59.6 Å². The molecule has 0 amide bonds. The van der Waals surface area contributed by atoms with Crippen molar-refractivity contribution in [1.29, 1.82) is 0 Å². The van der Waals surface area contributed by atoms with E-state index < -0.39 is 0 Å². The second-order valence-electron chi connectivity index (χ2n) is 4.78. The topological polar surface area (TPSA) is 50.7 Å². The zero-order valence-corrected chi connectivity index (χ0v) is 13.8. The molecule has 1 aliphatic rings. The number of anilines is 1. The summed E-state index contributed by atoms with van der Waals surface area (Å²) < 4.78 is 0.988. The number of aromatic nitrogens is 3. The molecule has 104 valence electrons. The van der Waals surface area contributed by atoms with E-state index >= 15 is 0 Å². The summed E-state index contributed by atoms with van der Waals surface area (Å²) in [6.45, 7) is 2.04. The Balaban J connectivity index is 1.99. The highest BCUT2D eigenvalue weighted by atomic mass is 79.9. The molecule has 20 heavy (non-hydrogen) atoms. The maximum absolute atomic E-state index is 4.73. The Hall–Kier alpha value is -1.14. The molecule has 1 aliphatic carbocycles. The highest BCUT2D eigenvalue weighted by Crippen LogP contribution is 2.41. The molecular weight excluding hydrogens is 336 g/mol. The van der Waals surface area contributed by atoms with Gasteiger partial charge in [-0.25, -0.2) is 15.0 Å². The molecule has 2 aromatic rings. The van der Waals surface area contributed by atoms with Gasteiger partial charge < -0.3 is 5.32 Å². The summed E-state index contributed by atoms with van der Waals surface area (Å²) in [7, 11) is 1.90. The number of nitrogens with one attached hydrogen (secondary N) is 1. The number of nitrogens with zero attached hydrogens (tertiary/aromatic N) is 3. The third-order valence-electron chi connectivity index (χ3n) is 3.22. The van der Waals surface area contributed by atoms with Gasteiger partial charge in [-0.3, -0.25) is 0 Å². The number of hydrogen-bond donors (Lipinski definition) is 1. The number of halogens is 1. The Morgan fingerprint density at radius 3 is 2.75 bits per heavy atom. The Labute approximate surface area is 131 Å². The van der Waals surface area contributed by atoms with Crippen LogP contribution in [0.1, 0.15) is 30.1 Å². The first-order valence-corrected chi connectivity index (χ1v) is 8.14. The second-order valence-corrected chi connectivity index (χ2v) is 6.61. The van der Waals surface area contributed by atoms with Gasteiger partial charge in [0.2, 0.25) is 0 Å². The average molecular weight is 351 g/mol. The fourth-order valence-corrected chi connectivity index (χ4v) is 3.27. The van der Waals surface area contributed by atoms with Crippen molar-refractivity contribution in [3.63, 3.8) is 0 Å². The first-order valence-electron chi connectivity index (χ1n) is 6.53.